The Labute approximate surface area is 101 Å². The maximum atomic E-state index is 13.1. The summed E-state index contributed by atoms with van der Waals surface area (Å²) < 4.78 is 18.8. The van der Waals surface area contributed by atoms with Gasteiger partial charge in [0.2, 0.25) is 0 Å². The molecule has 0 radical (unpaired) electrons. The molecule has 1 aromatic carbocycles. The molecule has 0 aliphatic carbocycles. The van der Waals surface area contributed by atoms with Crippen molar-refractivity contribution in [2.45, 2.75) is 12.5 Å². The number of rotatable bonds is 3. The Morgan fingerprint density at radius 1 is 1.38 bits per heavy atom. The highest BCUT2D eigenvalue weighted by molar-refractivity contribution is 9.10. The molecule has 0 saturated heterocycles. The number of furan rings is 1. The van der Waals surface area contributed by atoms with Crippen LogP contribution >= 0.6 is 15.9 Å². The first kappa shape index (κ1) is 11.4. The van der Waals surface area contributed by atoms with Gasteiger partial charge in [0.05, 0.1) is 6.26 Å². The Bertz CT molecular complexity index is 448. The summed E-state index contributed by atoms with van der Waals surface area (Å²) in [5, 5.41) is 9.81. The van der Waals surface area contributed by atoms with Crippen LogP contribution in [-0.4, -0.2) is 5.11 Å². The highest BCUT2D eigenvalue weighted by atomic mass is 79.9. The summed E-state index contributed by atoms with van der Waals surface area (Å²) >= 11 is 3.21. The second kappa shape index (κ2) is 4.80. The fraction of sp³-hybridized carbons (Fsp3) is 0.167. The Kier molecular flexibility index (Phi) is 3.41. The van der Waals surface area contributed by atoms with E-state index in [0.717, 1.165) is 5.56 Å². The predicted molar refractivity (Wildman–Crippen MR) is 61.5 cm³/mol. The van der Waals surface area contributed by atoms with Gasteiger partial charge in [-0.05, 0) is 35.9 Å². The molecule has 4 heteroatoms. The summed E-state index contributed by atoms with van der Waals surface area (Å²) in [6, 6.07) is 7.95. The van der Waals surface area contributed by atoms with Gasteiger partial charge in [0, 0.05) is 10.9 Å². The lowest BCUT2D eigenvalue weighted by Gasteiger charge is -2.08. The zero-order valence-electron chi connectivity index (χ0n) is 8.36. The number of hydrogen-bond acceptors (Lipinski definition) is 2. The van der Waals surface area contributed by atoms with Gasteiger partial charge in [-0.15, -0.1) is 0 Å². The van der Waals surface area contributed by atoms with Gasteiger partial charge in [-0.25, -0.2) is 4.39 Å². The number of aliphatic hydroxyl groups is 1. The SMILES string of the molecule is OC(Cc1cc(F)cc(Br)c1)c1ccco1. The van der Waals surface area contributed by atoms with Crippen LogP contribution in [0.4, 0.5) is 4.39 Å². The van der Waals surface area contributed by atoms with Gasteiger partial charge >= 0.3 is 0 Å². The van der Waals surface area contributed by atoms with E-state index < -0.39 is 6.10 Å². The van der Waals surface area contributed by atoms with Gasteiger partial charge in [-0.2, -0.15) is 0 Å². The molecule has 0 aliphatic rings. The van der Waals surface area contributed by atoms with Crippen LogP contribution in [0, 0.1) is 5.82 Å². The standard InChI is InChI=1S/C12H10BrFO2/c13-9-4-8(5-10(14)7-9)6-11(15)12-2-1-3-16-12/h1-5,7,11,15H,6H2. The van der Waals surface area contributed by atoms with Gasteiger partial charge in [-0.3, -0.25) is 0 Å². The average molecular weight is 285 g/mol. The van der Waals surface area contributed by atoms with Gasteiger partial charge in [0.25, 0.3) is 0 Å². The summed E-state index contributed by atoms with van der Waals surface area (Å²) in [7, 11) is 0. The number of halogens is 2. The molecular formula is C12H10BrFO2. The van der Waals surface area contributed by atoms with Crippen LogP contribution in [0.3, 0.4) is 0 Å². The van der Waals surface area contributed by atoms with Crippen molar-refractivity contribution in [1.29, 1.82) is 0 Å². The van der Waals surface area contributed by atoms with Crippen molar-refractivity contribution in [3.63, 3.8) is 0 Å². The van der Waals surface area contributed by atoms with Crippen LogP contribution in [0.5, 0.6) is 0 Å². The number of hydrogen-bond donors (Lipinski definition) is 1. The first-order valence-corrected chi connectivity index (χ1v) is 5.61. The molecule has 1 unspecified atom stereocenters. The van der Waals surface area contributed by atoms with Crippen molar-refractivity contribution in [3.05, 3.63) is 58.2 Å². The van der Waals surface area contributed by atoms with E-state index in [1.165, 1.54) is 18.4 Å². The molecule has 1 heterocycles. The molecule has 2 rings (SSSR count). The van der Waals surface area contributed by atoms with Crippen LogP contribution in [0.2, 0.25) is 0 Å². The second-order valence-corrected chi connectivity index (χ2v) is 4.43. The third-order valence-electron chi connectivity index (χ3n) is 2.22. The minimum Gasteiger partial charge on any atom is -0.467 e. The van der Waals surface area contributed by atoms with E-state index in [-0.39, 0.29) is 5.82 Å². The van der Waals surface area contributed by atoms with E-state index in [1.807, 2.05) is 0 Å². The first-order chi connectivity index (χ1) is 7.65. The number of benzene rings is 1. The lowest BCUT2D eigenvalue weighted by Crippen LogP contribution is -2.00. The number of aliphatic hydroxyl groups excluding tert-OH is 1. The van der Waals surface area contributed by atoms with E-state index in [9.17, 15) is 9.50 Å². The molecule has 0 aliphatic heterocycles. The van der Waals surface area contributed by atoms with Crippen molar-refractivity contribution >= 4 is 15.9 Å². The molecule has 0 spiro atoms. The fourth-order valence-corrected chi connectivity index (χ4v) is 2.05. The third-order valence-corrected chi connectivity index (χ3v) is 2.68. The molecule has 1 aromatic heterocycles. The molecule has 16 heavy (non-hydrogen) atoms. The maximum Gasteiger partial charge on any atom is 0.132 e. The Hall–Kier alpha value is -1.13. The molecular weight excluding hydrogens is 275 g/mol. The van der Waals surface area contributed by atoms with E-state index in [1.54, 1.807) is 18.2 Å². The van der Waals surface area contributed by atoms with E-state index >= 15 is 0 Å². The van der Waals surface area contributed by atoms with E-state index in [0.29, 0.717) is 16.7 Å². The van der Waals surface area contributed by atoms with E-state index in [2.05, 4.69) is 15.9 Å². The van der Waals surface area contributed by atoms with E-state index in [4.69, 9.17) is 4.42 Å². The van der Waals surface area contributed by atoms with Gasteiger partial charge in [-0.1, -0.05) is 15.9 Å². The topological polar surface area (TPSA) is 33.4 Å². The minimum absolute atomic E-state index is 0.323. The molecule has 0 saturated carbocycles. The van der Waals surface area contributed by atoms with Crippen LogP contribution in [-0.2, 0) is 6.42 Å². The normalized spacial score (nSPS) is 12.7. The fourth-order valence-electron chi connectivity index (χ4n) is 1.53. The second-order valence-electron chi connectivity index (χ2n) is 3.51. The lowest BCUT2D eigenvalue weighted by molar-refractivity contribution is 0.150. The Morgan fingerprint density at radius 3 is 2.81 bits per heavy atom. The first-order valence-electron chi connectivity index (χ1n) is 4.81. The molecule has 0 bridgehead atoms. The zero-order chi connectivity index (χ0) is 11.5. The maximum absolute atomic E-state index is 13.1. The highest BCUT2D eigenvalue weighted by Crippen LogP contribution is 2.21. The largest absolute Gasteiger partial charge is 0.467 e. The van der Waals surface area contributed by atoms with Crippen LogP contribution < -0.4 is 0 Å². The van der Waals surface area contributed by atoms with Crippen molar-refractivity contribution in [2.24, 2.45) is 0 Å². The predicted octanol–water partition coefficient (Wildman–Crippen LogP) is 3.46. The summed E-state index contributed by atoms with van der Waals surface area (Å²) in [4.78, 5) is 0. The van der Waals surface area contributed by atoms with Crippen molar-refractivity contribution < 1.29 is 13.9 Å². The van der Waals surface area contributed by atoms with Gasteiger partial charge < -0.3 is 9.52 Å². The quantitative estimate of drug-likeness (QED) is 0.937. The van der Waals surface area contributed by atoms with Gasteiger partial charge in [0.15, 0.2) is 0 Å². The summed E-state index contributed by atoms with van der Waals surface area (Å²) in [5.74, 6) is 0.163. The molecule has 0 fully saturated rings. The summed E-state index contributed by atoms with van der Waals surface area (Å²) in [6.07, 6.45) is 1.08. The molecule has 1 N–H and O–H groups in total. The van der Waals surface area contributed by atoms with Crippen LogP contribution in [0.15, 0.2) is 45.5 Å². The van der Waals surface area contributed by atoms with Crippen LogP contribution in [0.1, 0.15) is 17.4 Å². The monoisotopic (exact) mass is 284 g/mol. The average Bonchev–Trinajstić information content (AvgIpc) is 2.68. The molecule has 0 amide bonds. The summed E-state index contributed by atoms with van der Waals surface area (Å²) in [6.45, 7) is 0. The summed E-state index contributed by atoms with van der Waals surface area (Å²) in [5.41, 5.74) is 0.718. The lowest BCUT2D eigenvalue weighted by atomic mass is 10.1. The molecule has 2 nitrogen and oxygen atoms in total. The Balaban J connectivity index is 2.15. The van der Waals surface area contributed by atoms with Crippen LogP contribution in [0.25, 0.3) is 0 Å². The molecule has 84 valence electrons. The minimum atomic E-state index is -0.747. The Morgan fingerprint density at radius 2 is 2.19 bits per heavy atom. The van der Waals surface area contributed by atoms with Gasteiger partial charge in [0.1, 0.15) is 17.7 Å². The molecule has 2 aromatic rings. The third kappa shape index (κ3) is 2.71. The van der Waals surface area contributed by atoms with Crippen molar-refractivity contribution in [3.8, 4) is 0 Å². The van der Waals surface area contributed by atoms with Crippen molar-refractivity contribution in [2.75, 3.05) is 0 Å². The molecule has 1 atom stereocenters. The highest BCUT2D eigenvalue weighted by Gasteiger charge is 2.12. The zero-order valence-corrected chi connectivity index (χ0v) is 9.95. The van der Waals surface area contributed by atoms with Crippen molar-refractivity contribution in [1.82, 2.24) is 0 Å². The smallest absolute Gasteiger partial charge is 0.132 e.